The number of pyridine rings is 1. The van der Waals surface area contributed by atoms with E-state index in [2.05, 4.69) is 43.0 Å². The predicted molar refractivity (Wildman–Crippen MR) is 115 cm³/mol. The standard InChI is InChI=1S/C25H28N2O/c1-19-9-6-11-21(17-19)25(28,22-12-7-10-20(2)18-22)23-13-8-14-26-24(23)27-15-4-3-5-16-27/h6-14,17-18,28H,3-5,15-16H2,1-2H3. The molecule has 3 nitrogen and oxygen atoms in total. The van der Waals surface area contributed by atoms with Gasteiger partial charge in [0.15, 0.2) is 0 Å². The summed E-state index contributed by atoms with van der Waals surface area (Å²) in [4.78, 5) is 7.06. The van der Waals surface area contributed by atoms with Gasteiger partial charge in [0.25, 0.3) is 0 Å². The number of aromatic nitrogens is 1. The van der Waals surface area contributed by atoms with Crippen molar-refractivity contribution in [3.63, 3.8) is 0 Å². The molecular weight excluding hydrogens is 344 g/mol. The van der Waals surface area contributed by atoms with Crippen LogP contribution in [0.4, 0.5) is 5.82 Å². The zero-order valence-corrected chi connectivity index (χ0v) is 16.7. The average molecular weight is 373 g/mol. The largest absolute Gasteiger partial charge is 0.376 e. The molecule has 28 heavy (non-hydrogen) atoms. The number of nitrogens with zero attached hydrogens (tertiary/aromatic N) is 2. The van der Waals surface area contributed by atoms with Gasteiger partial charge >= 0.3 is 0 Å². The van der Waals surface area contributed by atoms with Crippen LogP contribution in [0.15, 0.2) is 66.9 Å². The van der Waals surface area contributed by atoms with E-state index in [1.165, 1.54) is 19.3 Å². The summed E-state index contributed by atoms with van der Waals surface area (Å²) >= 11 is 0. The first-order chi connectivity index (χ1) is 13.6. The lowest BCUT2D eigenvalue weighted by molar-refractivity contribution is 0.125. The highest BCUT2D eigenvalue weighted by Gasteiger charge is 2.37. The fourth-order valence-electron chi connectivity index (χ4n) is 4.25. The van der Waals surface area contributed by atoms with Crippen molar-refractivity contribution in [3.05, 3.63) is 94.7 Å². The molecule has 0 bridgehead atoms. The second-order valence-corrected chi connectivity index (χ2v) is 7.87. The minimum atomic E-state index is -1.25. The molecule has 1 aliphatic heterocycles. The average Bonchev–Trinajstić information content (AvgIpc) is 2.74. The van der Waals surface area contributed by atoms with E-state index in [0.29, 0.717) is 0 Å². The molecule has 0 radical (unpaired) electrons. The first-order valence-electron chi connectivity index (χ1n) is 10.2. The zero-order valence-electron chi connectivity index (χ0n) is 16.7. The van der Waals surface area contributed by atoms with Crippen molar-refractivity contribution in [1.29, 1.82) is 0 Å². The topological polar surface area (TPSA) is 36.4 Å². The molecule has 1 saturated heterocycles. The summed E-state index contributed by atoms with van der Waals surface area (Å²) < 4.78 is 0. The number of aliphatic hydroxyl groups is 1. The van der Waals surface area contributed by atoms with Crippen molar-refractivity contribution in [1.82, 2.24) is 4.98 Å². The molecule has 3 aromatic rings. The highest BCUT2D eigenvalue weighted by Crippen LogP contribution is 2.41. The van der Waals surface area contributed by atoms with Crippen LogP contribution in [0.2, 0.25) is 0 Å². The number of hydrogen-bond acceptors (Lipinski definition) is 3. The van der Waals surface area contributed by atoms with E-state index in [9.17, 15) is 5.11 Å². The van der Waals surface area contributed by atoms with Gasteiger partial charge in [0.05, 0.1) is 0 Å². The summed E-state index contributed by atoms with van der Waals surface area (Å²) in [6, 6.07) is 20.3. The van der Waals surface area contributed by atoms with Gasteiger partial charge in [0.2, 0.25) is 0 Å². The van der Waals surface area contributed by atoms with E-state index >= 15 is 0 Å². The Labute approximate surface area is 167 Å². The summed E-state index contributed by atoms with van der Waals surface area (Å²) in [5.41, 5.74) is 3.62. The minimum Gasteiger partial charge on any atom is -0.376 e. The van der Waals surface area contributed by atoms with Crippen LogP contribution >= 0.6 is 0 Å². The van der Waals surface area contributed by atoms with Crippen LogP contribution in [0.25, 0.3) is 0 Å². The van der Waals surface area contributed by atoms with Crippen molar-refractivity contribution in [2.45, 2.75) is 38.7 Å². The van der Waals surface area contributed by atoms with Crippen molar-refractivity contribution in [2.24, 2.45) is 0 Å². The van der Waals surface area contributed by atoms with Crippen LogP contribution < -0.4 is 4.90 Å². The molecule has 4 rings (SSSR count). The highest BCUT2D eigenvalue weighted by molar-refractivity contribution is 5.59. The van der Waals surface area contributed by atoms with Crippen LogP contribution in [0.5, 0.6) is 0 Å². The van der Waals surface area contributed by atoms with Gasteiger partial charge in [-0.15, -0.1) is 0 Å². The van der Waals surface area contributed by atoms with Crippen LogP contribution in [-0.2, 0) is 5.60 Å². The van der Waals surface area contributed by atoms with Gasteiger partial charge in [-0.05, 0) is 50.3 Å². The molecule has 2 aromatic carbocycles. The third kappa shape index (κ3) is 3.43. The molecule has 3 heteroatoms. The Morgan fingerprint density at radius 1 is 0.821 bits per heavy atom. The smallest absolute Gasteiger partial charge is 0.144 e. The number of hydrogen-bond donors (Lipinski definition) is 1. The third-order valence-electron chi connectivity index (χ3n) is 5.70. The van der Waals surface area contributed by atoms with Gasteiger partial charge in [0.1, 0.15) is 11.4 Å². The molecule has 0 amide bonds. The first-order valence-corrected chi connectivity index (χ1v) is 10.2. The molecule has 1 N–H and O–H groups in total. The molecule has 0 unspecified atom stereocenters. The van der Waals surface area contributed by atoms with Crippen LogP contribution in [0, 0.1) is 13.8 Å². The molecule has 1 aliphatic rings. The molecule has 2 heterocycles. The Bertz CT molecular complexity index is 915. The van der Waals surface area contributed by atoms with Crippen LogP contribution in [-0.4, -0.2) is 23.2 Å². The van der Waals surface area contributed by atoms with Gasteiger partial charge in [-0.3, -0.25) is 0 Å². The SMILES string of the molecule is Cc1cccc(C(O)(c2cccc(C)c2)c2cccnc2N2CCCCC2)c1. The molecule has 0 atom stereocenters. The summed E-state index contributed by atoms with van der Waals surface area (Å²) in [6.45, 7) is 6.10. The Morgan fingerprint density at radius 2 is 1.43 bits per heavy atom. The molecule has 0 aliphatic carbocycles. The van der Waals surface area contributed by atoms with Crippen molar-refractivity contribution >= 4 is 5.82 Å². The van der Waals surface area contributed by atoms with E-state index in [4.69, 9.17) is 4.98 Å². The molecular formula is C25H28N2O. The quantitative estimate of drug-likeness (QED) is 0.702. The van der Waals surface area contributed by atoms with Gasteiger partial charge in [-0.25, -0.2) is 4.98 Å². The Morgan fingerprint density at radius 3 is 2.00 bits per heavy atom. The monoisotopic (exact) mass is 372 g/mol. The summed E-state index contributed by atoms with van der Waals surface area (Å²) in [7, 11) is 0. The van der Waals surface area contributed by atoms with E-state index in [1.807, 2.05) is 42.6 Å². The van der Waals surface area contributed by atoms with E-state index in [-0.39, 0.29) is 0 Å². The fraction of sp³-hybridized carbons (Fsp3) is 0.320. The van der Waals surface area contributed by atoms with Crippen molar-refractivity contribution in [2.75, 3.05) is 18.0 Å². The van der Waals surface area contributed by atoms with E-state index in [1.54, 1.807) is 0 Å². The maximum Gasteiger partial charge on any atom is 0.144 e. The lowest BCUT2D eigenvalue weighted by atomic mass is 9.79. The van der Waals surface area contributed by atoms with Crippen molar-refractivity contribution in [3.8, 4) is 0 Å². The molecule has 1 fully saturated rings. The maximum atomic E-state index is 12.3. The maximum absolute atomic E-state index is 12.3. The summed E-state index contributed by atoms with van der Waals surface area (Å²) in [5.74, 6) is 0.896. The number of benzene rings is 2. The van der Waals surface area contributed by atoms with Crippen LogP contribution in [0.1, 0.15) is 47.1 Å². The van der Waals surface area contributed by atoms with Gasteiger partial charge in [0, 0.05) is 24.8 Å². The van der Waals surface area contributed by atoms with Crippen molar-refractivity contribution < 1.29 is 5.11 Å². The lowest BCUT2D eigenvalue weighted by Crippen LogP contribution is -2.36. The Hall–Kier alpha value is -2.65. The lowest BCUT2D eigenvalue weighted by Gasteiger charge is -2.36. The molecule has 0 spiro atoms. The molecule has 0 saturated carbocycles. The first kappa shape index (κ1) is 18.7. The fourth-order valence-corrected chi connectivity index (χ4v) is 4.25. The highest BCUT2D eigenvalue weighted by atomic mass is 16.3. The second kappa shape index (κ2) is 7.76. The Balaban J connectivity index is 1.95. The number of anilines is 1. The number of aryl methyl sites for hydroxylation is 2. The minimum absolute atomic E-state index is 0.855. The zero-order chi connectivity index (χ0) is 19.6. The predicted octanol–water partition coefficient (Wildman–Crippen LogP) is 4.97. The number of rotatable bonds is 4. The van der Waals surface area contributed by atoms with Gasteiger partial charge in [-0.2, -0.15) is 0 Å². The summed E-state index contributed by atoms with van der Waals surface area (Å²) in [6.07, 6.45) is 5.44. The third-order valence-corrected chi connectivity index (χ3v) is 5.70. The van der Waals surface area contributed by atoms with Crippen LogP contribution in [0.3, 0.4) is 0 Å². The van der Waals surface area contributed by atoms with Gasteiger partial charge in [-0.1, -0.05) is 65.7 Å². The molecule has 1 aromatic heterocycles. The number of piperidine rings is 1. The van der Waals surface area contributed by atoms with E-state index in [0.717, 1.165) is 46.7 Å². The molecule has 144 valence electrons. The van der Waals surface area contributed by atoms with E-state index < -0.39 is 5.60 Å². The Kier molecular flexibility index (Phi) is 5.19. The van der Waals surface area contributed by atoms with Gasteiger partial charge < -0.3 is 10.0 Å². The second-order valence-electron chi connectivity index (χ2n) is 7.87. The summed E-state index contributed by atoms with van der Waals surface area (Å²) in [5, 5.41) is 12.3. The normalized spacial score (nSPS) is 14.9.